The van der Waals surface area contributed by atoms with Gasteiger partial charge in [0.05, 0.1) is 22.2 Å². The van der Waals surface area contributed by atoms with Crippen LogP contribution in [0.5, 0.6) is 0 Å². The highest BCUT2D eigenvalue weighted by atomic mass is 35.5. The number of ether oxygens (including phenoxy) is 1. The summed E-state index contributed by atoms with van der Waals surface area (Å²) >= 11 is 12.1. The third-order valence-corrected chi connectivity index (χ3v) is 4.50. The Morgan fingerprint density at radius 3 is 2.39 bits per heavy atom. The van der Waals surface area contributed by atoms with Crippen molar-refractivity contribution >= 4 is 29.2 Å². The quantitative estimate of drug-likeness (QED) is 0.562. The largest absolute Gasteiger partial charge is 0.462 e. The zero-order valence-corrected chi connectivity index (χ0v) is 16.9. The summed E-state index contributed by atoms with van der Waals surface area (Å²) in [7, 11) is 0. The number of nitrogens with one attached hydrogen (secondary N) is 1. The van der Waals surface area contributed by atoms with Gasteiger partial charge in [-0.15, -0.1) is 0 Å². The summed E-state index contributed by atoms with van der Waals surface area (Å²) in [5.41, 5.74) is -1.84. The molecular formula is C18H9Cl2F3N6O2. The number of H-pyrrole nitrogens is 1. The number of aromatic nitrogens is 4. The summed E-state index contributed by atoms with van der Waals surface area (Å²) in [5, 5.41) is 21.6. The Labute approximate surface area is 182 Å². The van der Waals surface area contributed by atoms with Crippen molar-refractivity contribution < 1.29 is 22.7 Å². The molecule has 3 aromatic rings. The Kier molecular flexibility index (Phi) is 5.93. The number of aromatic amines is 1. The maximum atomic E-state index is 13.0. The molecule has 0 saturated carbocycles. The molecule has 0 spiro atoms. The molecular weight excluding hydrogens is 460 g/mol. The van der Waals surface area contributed by atoms with Crippen molar-refractivity contribution in [2.45, 2.75) is 13.1 Å². The van der Waals surface area contributed by atoms with Crippen LogP contribution in [0.3, 0.4) is 0 Å². The first-order valence-electron chi connectivity index (χ1n) is 8.34. The minimum absolute atomic E-state index is 0.0241. The number of hydrogen-bond donors (Lipinski definition) is 1. The average molecular weight is 469 g/mol. The minimum Gasteiger partial charge on any atom is -0.462 e. The molecule has 0 aliphatic carbocycles. The molecule has 31 heavy (non-hydrogen) atoms. The van der Waals surface area contributed by atoms with Gasteiger partial charge in [0.2, 0.25) is 0 Å². The summed E-state index contributed by atoms with van der Waals surface area (Å²) in [5.74, 6) is -0.926. The molecule has 0 amide bonds. The molecule has 8 nitrogen and oxygen atoms in total. The van der Waals surface area contributed by atoms with E-state index in [9.17, 15) is 18.0 Å². The lowest BCUT2D eigenvalue weighted by Gasteiger charge is -2.12. The predicted octanol–water partition coefficient (Wildman–Crippen LogP) is 4.51. The number of nitrogens with zero attached hydrogens (tertiary/aromatic N) is 5. The number of rotatable bonds is 4. The van der Waals surface area contributed by atoms with E-state index < -0.39 is 17.7 Å². The highest BCUT2D eigenvalue weighted by Crippen LogP contribution is 2.38. The second kappa shape index (κ2) is 8.30. The Hall–Kier alpha value is -3.54. The minimum atomic E-state index is -4.67. The van der Waals surface area contributed by atoms with Crippen molar-refractivity contribution in [3.8, 4) is 29.3 Å². The van der Waals surface area contributed by atoms with Crippen LogP contribution in [0.2, 0.25) is 10.0 Å². The van der Waals surface area contributed by atoms with Crippen molar-refractivity contribution in [2.24, 2.45) is 0 Å². The van der Waals surface area contributed by atoms with Crippen LogP contribution in [-0.2, 0) is 10.9 Å². The highest BCUT2D eigenvalue weighted by molar-refractivity contribution is 6.37. The van der Waals surface area contributed by atoms with Crippen molar-refractivity contribution in [3.05, 3.63) is 50.9 Å². The van der Waals surface area contributed by atoms with E-state index in [1.807, 2.05) is 0 Å². The number of halogens is 5. The number of benzene rings is 1. The van der Waals surface area contributed by atoms with Crippen molar-refractivity contribution in [3.63, 3.8) is 0 Å². The highest BCUT2D eigenvalue weighted by Gasteiger charge is 2.33. The van der Waals surface area contributed by atoms with E-state index in [4.69, 9.17) is 38.5 Å². The van der Waals surface area contributed by atoms with Crippen LogP contribution in [0.1, 0.15) is 34.2 Å². The normalized spacial score (nSPS) is 11.1. The maximum absolute atomic E-state index is 13.0. The first kappa shape index (κ1) is 22.2. The molecule has 0 bridgehead atoms. The van der Waals surface area contributed by atoms with E-state index in [2.05, 4.69) is 15.1 Å². The summed E-state index contributed by atoms with van der Waals surface area (Å²) in [4.78, 5) is 18.9. The zero-order chi connectivity index (χ0) is 22.9. The van der Waals surface area contributed by atoms with Crippen LogP contribution in [0.25, 0.3) is 17.2 Å². The van der Waals surface area contributed by atoms with Gasteiger partial charge in [-0.05, 0) is 19.1 Å². The van der Waals surface area contributed by atoms with Gasteiger partial charge in [0, 0.05) is 6.20 Å². The molecule has 0 fully saturated rings. The SMILES string of the molecule is CCOC(=O)c1cn(-c2c(Cl)cc(C(F)(F)F)cc2Cl)nc1-c1nc(C#N)c(C#N)[nH]1. The van der Waals surface area contributed by atoms with Crippen LogP contribution in [-0.4, -0.2) is 32.3 Å². The smallest absolute Gasteiger partial charge is 0.416 e. The standard InChI is InChI=1S/C18H9Cl2F3N6O2/c1-2-31-17(30)9-7-29(15-10(19)3-8(4-11(15)20)18(21,22)23)28-14(9)16-26-12(5-24)13(6-25)27-16/h3-4,7H,2H2,1H3,(H,26,27). The van der Waals surface area contributed by atoms with Crippen LogP contribution in [0, 0.1) is 22.7 Å². The number of esters is 1. The fourth-order valence-corrected chi connectivity index (χ4v) is 3.28. The molecule has 0 atom stereocenters. The van der Waals surface area contributed by atoms with E-state index in [-0.39, 0.29) is 50.8 Å². The molecule has 2 heterocycles. The molecule has 2 aromatic heterocycles. The lowest BCUT2D eigenvalue weighted by molar-refractivity contribution is -0.137. The number of nitriles is 2. The average Bonchev–Trinajstić information content (AvgIpc) is 3.30. The second-order valence-corrected chi connectivity index (χ2v) is 6.69. The van der Waals surface area contributed by atoms with Gasteiger partial charge in [0.15, 0.2) is 17.2 Å². The van der Waals surface area contributed by atoms with E-state index in [1.165, 1.54) is 0 Å². The summed E-state index contributed by atoms with van der Waals surface area (Å²) < 4.78 is 45.0. The van der Waals surface area contributed by atoms with Gasteiger partial charge >= 0.3 is 12.1 Å². The van der Waals surface area contributed by atoms with Crippen molar-refractivity contribution in [1.29, 1.82) is 10.5 Å². The van der Waals surface area contributed by atoms with Gasteiger partial charge < -0.3 is 9.72 Å². The van der Waals surface area contributed by atoms with Gasteiger partial charge in [0.25, 0.3) is 0 Å². The van der Waals surface area contributed by atoms with E-state index in [0.717, 1.165) is 10.9 Å². The fourth-order valence-electron chi connectivity index (χ4n) is 2.62. The Bertz CT molecular complexity index is 1210. The van der Waals surface area contributed by atoms with E-state index in [0.29, 0.717) is 12.1 Å². The third-order valence-electron chi connectivity index (χ3n) is 3.93. The first-order chi connectivity index (χ1) is 14.6. The van der Waals surface area contributed by atoms with E-state index in [1.54, 1.807) is 19.1 Å². The lowest BCUT2D eigenvalue weighted by Crippen LogP contribution is -2.07. The molecule has 158 valence electrons. The van der Waals surface area contributed by atoms with Crippen molar-refractivity contribution in [1.82, 2.24) is 19.7 Å². The Balaban J connectivity index is 2.22. The summed E-state index contributed by atoms with van der Waals surface area (Å²) in [6, 6.07) is 4.81. The van der Waals surface area contributed by atoms with Gasteiger partial charge in [-0.25, -0.2) is 14.5 Å². The monoisotopic (exact) mass is 468 g/mol. The predicted molar refractivity (Wildman–Crippen MR) is 102 cm³/mol. The maximum Gasteiger partial charge on any atom is 0.416 e. The topological polar surface area (TPSA) is 120 Å². The zero-order valence-electron chi connectivity index (χ0n) is 15.4. The van der Waals surface area contributed by atoms with Crippen molar-refractivity contribution in [2.75, 3.05) is 6.61 Å². The van der Waals surface area contributed by atoms with E-state index >= 15 is 0 Å². The molecule has 0 radical (unpaired) electrons. The van der Waals surface area contributed by atoms with Crippen LogP contribution >= 0.6 is 23.2 Å². The molecule has 0 aliphatic heterocycles. The lowest BCUT2D eigenvalue weighted by atomic mass is 10.2. The fraction of sp³-hybridized carbons (Fsp3) is 0.167. The van der Waals surface area contributed by atoms with Crippen LogP contribution < -0.4 is 0 Å². The Morgan fingerprint density at radius 2 is 1.90 bits per heavy atom. The van der Waals surface area contributed by atoms with Crippen LogP contribution in [0.15, 0.2) is 18.3 Å². The molecule has 0 aliphatic rings. The van der Waals surface area contributed by atoms with Gasteiger partial charge in [-0.1, -0.05) is 23.2 Å². The molecule has 13 heteroatoms. The molecule has 1 N–H and O–H groups in total. The summed E-state index contributed by atoms with van der Waals surface area (Å²) in [6.07, 6.45) is -3.53. The number of imidazole rings is 1. The number of carbonyl (C=O) groups is 1. The summed E-state index contributed by atoms with van der Waals surface area (Å²) in [6.45, 7) is 1.59. The van der Waals surface area contributed by atoms with Gasteiger partial charge in [-0.3, -0.25) is 0 Å². The number of alkyl halides is 3. The third kappa shape index (κ3) is 4.19. The molecule has 3 rings (SSSR count). The molecule has 0 saturated heterocycles. The van der Waals surface area contributed by atoms with Gasteiger partial charge in [-0.2, -0.15) is 28.8 Å². The molecule has 0 unspecified atom stereocenters. The number of hydrogen-bond acceptors (Lipinski definition) is 6. The Morgan fingerprint density at radius 1 is 1.26 bits per heavy atom. The van der Waals surface area contributed by atoms with Crippen LogP contribution in [0.4, 0.5) is 13.2 Å². The first-order valence-corrected chi connectivity index (χ1v) is 9.10. The van der Waals surface area contributed by atoms with Gasteiger partial charge in [0.1, 0.15) is 29.1 Å². The molecule has 1 aromatic carbocycles. The second-order valence-electron chi connectivity index (χ2n) is 5.88. The number of carbonyl (C=O) groups excluding carboxylic acids is 1.